The highest BCUT2D eigenvalue weighted by Crippen LogP contribution is 2.11. The van der Waals surface area contributed by atoms with Crippen molar-refractivity contribution in [3.8, 4) is 0 Å². The maximum Gasteiger partial charge on any atom is 0.225 e. The summed E-state index contributed by atoms with van der Waals surface area (Å²) in [4.78, 5) is 11.6. The molecule has 0 bridgehead atoms. The molecule has 1 amide bonds. The van der Waals surface area contributed by atoms with Gasteiger partial charge in [-0.05, 0) is 37.4 Å². The molecular formula is C11H17ClN4O. The van der Waals surface area contributed by atoms with Crippen LogP contribution in [0.4, 0.5) is 5.82 Å². The lowest BCUT2D eigenvalue weighted by atomic mass is 10.0. The first kappa shape index (κ1) is 13.9. The first-order valence-corrected chi connectivity index (χ1v) is 5.98. The fourth-order valence-corrected chi connectivity index (χ4v) is 1.50. The van der Waals surface area contributed by atoms with E-state index in [-0.39, 0.29) is 5.91 Å². The van der Waals surface area contributed by atoms with E-state index in [9.17, 15) is 4.79 Å². The Morgan fingerprint density at radius 3 is 2.82 bits per heavy atom. The minimum Gasteiger partial charge on any atom is -0.330 e. The smallest absolute Gasteiger partial charge is 0.225 e. The Bertz CT molecular complexity index is 355. The fraction of sp³-hybridized carbons (Fsp3) is 0.545. The maximum absolute atomic E-state index is 11.6. The molecule has 6 heteroatoms. The SMILES string of the molecule is CC(CCN)CCC(=O)Nc1ccc(Cl)nn1. The second-order valence-corrected chi connectivity index (χ2v) is 4.40. The topological polar surface area (TPSA) is 80.9 Å². The van der Waals surface area contributed by atoms with Crippen molar-refractivity contribution in [2.45, 2.75) is 26.2 Å². The second-order valence-electron chi connectivity index (χ2n) is 4.01. The van der Waals surface area contributed by atoms with Gasteiger partial charge >= 0.3 is 0 Å². The Hall–Kier alpha value is -1.20. The molecule has 3 N–H and O–H groups in total. The van der Waals surface area contributed by atoms with Crippen molar-refractivity contribution in [1.82, 2.24) is 10.2 Å². The highest BCUT2D eigenvalue weighted by atomic mass is 35.5. The fourth-order valence-electron chi connectivity index (χ4n) is 1.39. The summed E-state index contributed by atoms with van der Waals surface area (Å²) in [5.41, 5.74) is 5.44. The Balaban J connectivity index is 2.32. The summed E-state index contributed by atoms with van der Waals surface area (Å²) < 4.78 is 0. The Kier molecular flexibility index (Phi) is 5.86. The molecule has 0 spiro atoms. The van der Waals surface area contributed by atoms with Crippen LogP contribution in [0.15, 0.2) is 12.1 Å². The number of aromatic nitrogens is 2. The number of anilines is 1. The number of nitrogens with one attached hydrogen (secondary N) is 1. The lowest BCUT2D eigenvalue weighted by Gasteiger charge is -2.09. The van der Waals surface area contributed by atoms with Crippen LogP contribution < -0.4 is 11.1 Å². The maximum atomic E-state index is 11.6. The van der Waals surface area contributed by atoms with Crippen molar-refractivity contribution >= 4 is 23.3 Å². The van der Waals surface area contributed by atoms with E-state index in [2.05, 4.69) is 22.4 Å². The van der Waals surface area contributed by atoms with Crippen molar-refractivity contribution in [1.29, 1.82) is 0 Å². The average molecular weight is 257 g/mol. The van der Waals surface area contributed by atoms with Crippen LogP contribution in [0.3, 0.4) is 0 Å². The van der Waals surface area contributed by atoms with E-state index in [1.54, 1.807) is 12.1 Å². The van der Waals surface area contributed by atoms with Gasteiger partial charge < -0.3 is 11.1 Å². The van der Waals surface area contributed by atoms with E-state index in [1.807, 2.05) is 0 Å². The van der Waals surface area contributed by atoms with E-state index in [0.29, 0.717) is 29.9 Å². The molecule has 0 aliphatic carbocycles. The number of hydrogen-bond acceptors (Lipinski definition) is 4. The molecule has 0 saturated carbocycles. The van der Waals surface area contributed by atoms with Crippen LogP contribution >= 0.6 is 11.6 Å². The molecule has 17 heavy (non-hydrogen) atoms. The van der Waals surface area contributed by atoms with E-state index in [1.165, 1.54) is 0 Å². The second kappa shape index (κ2) is 7.19. The molecule has 1 aromatic rings. The van der Waals surface area contributed by atoms with E-state index < -0.39 is 0 Å². The largest absolute Gasteiger partial charge is 0.330 e. The van der Waals surface area contributed by atoms with E-state index in [0.717, 1.165) is 12.8 Å². The molecule has 1 rings (SSSR count). The third kappa shape index (κ3) is 5.60. The minimum absolute atomic E-state index is 0.0644. The average Bonchev–Trinajstić information content (AvgIpc) is 2.30. The Morgan fingerprint density at radius 1 is 1.47 bits per heavy atom. The quantitative estimate of drug-likeness (QED) is 0.814. The third-order valence-corrected chi connectivity index (χ3v) is 2.62. The van der Waals surface area contributed by atoms with Crippen LogP contribution in [0.5, 0.6) is 0 Å². The summed E-state index contributed by atoms with van der Waals surface area (Å²) in [5, 5.41) is 10.4. The van der Waals surface area contributed by atoms with Gasteiger partial charge in [-0.15, -0.1) is 10.2 Å². The number of amides is 1. The summed E-state index contributed by atoms with van der Waals surface area (Å²) in [7, 11) is 0. The molecule has 1 unspecified atom stereocenters. The summed E-state index contributed by atoms with van der Waals surface area (Å²) in [6.07, 6.45) is 2.23. The molecule has 0 aliphatic heterocycles. The predicted molar refractivity (Wildman–Crippen MR) is 67.7 cm³/mol. The van der Waals surface area contributed by atoms with Gasteiger partial charge in [-0.2, -0.15) is 0 Å². The molecule has 5 nitrogen and oxygen atoms in total. The van der Waals surface area contributed by atoms with Gasteiger partial charge in [-0.25, -0.2) is 0 Å². The molecular weight excluding hydrogens is 240 g/mol. The Morgan fingerprint density at radius 2 is 2.24 bits per heavy atom. The van der Waals surface area contributed by atoms with E-state index >= 15 is 0 Å². The molecule has 0 aliphatic rings. The first-order chi connectivity index (χ1) is 8.11. The van der Waals surface area contributed by atoms with Gasteiger partial charge in [0.1, 0.15) is 0 Å². The molecule has 1 heterocycles. The number of nitrogens with two attached hydrogens (primary N) is 1. The minimum atomic E-state index is -0.0644. The van der Waals surface area contributed by atoms with Crippen LogP contribution in [0.2, 0.25) is 5.15 Å². The van der Waals surface area contributed by atoms with Crippen LogP contribution in [-0.2, 0) is 4.79 Å². The number of carbonyl (C=O) groups is 1. The number of halogens is 1. The van der Waals surface area contributed by atoms with Gasteiger partial charge in [0.15, 0.2) is 11.0 Å². The summed E-state index contributed by atoms with van der Waals surface area (Å²) in [6.45, 7) is 2.74. The number of hydrogen-bond donors (Lipinski definition) is 2. The number of nitrogens with zero attached hydrogens (tertiary/aromatic N) is 2. The lowest BCUT2D eigenvalue weighted by Crippen LogP contribution is -2.15. The zero-order chi connectivity index (χ0) is 12.7. The van der Waals surface area contributed by atoms with Crippen molar-refractivity contribution < 1.29 is 4.79 Å². The molecule has 0 saturated heterocycles. The molecule has 94 valence electrons. The molecule has 0 fully saturated rings. The van der Waals surface area contributed by atoms with Crippen molar-refractivity contribution in [3.05, 3.63) is 17.3 Å². The predicted octanol–water partition coefficient (Wildman–Crippen LogP) is 1.83. The number of carbonyl (C=O) groups excluding carboxylic acids is 1. The van der Waals surface area contributed by atoms with E-state index in [4.69, 9.17) is 17.3 Å². The van der Waals surface area contributed by atoms with Crippen molar-refractivity contribution in [2.24, 2.45) is 11.7 Å². The highest BCUT2D eigenvalue weighted by Gasteiger charge is 2.07. The monoisotopic (exact) mass is 256 g/mol. The summed E-state index contributed by atoms with van der Waals surface area (Å²) >= 11 is 5.59. The van der Waals surface area contributed by atoms with Gasteiger partial charge in [0, 0.05) is 6.42 Å². The van der Waals surface area contributed by atoms with Crippen molar-refractivity contribution in [3.63, 3.8) is 0 Å². The molecule has 0 radical (unpaired) electrons. The zero-order valence-corrected chi connectivity index (χ0v) is 10.6. The van der Waals surface area contributed by atoms with Crippen LogP contribution in [0.25, 0.3) is 0 Å². The molecule has 1 atom stereocenters. The summed E-state index contributed by atoms with van der Waals surface area (Å²) in [5.74, 6) is 0.818. The van der Waals surface area contributed by atoms with Gasteiger partial charge in [0.05, 0.1) is 0 Å². The first-order valence-electron chi connectivity index (χ1n) is 5.61. The highest BCUT2D eigenvalue weighted by molar-refractivity contribution is 6.29. The molecule has 0 aromatic carbocycles. The van der Waals surface area contributed by atoms with Crippen LogP contribution in [-0.4, -0.2) is 22.6 Å². The van der Waals surface area contributed by atoms with Gasteiger partial charge in [0.25, 0.3) is 0 Å². The van der Waals surface area contributed by atoms with Crippen molar-refractivity contribution in [2.75, 3.05) is 11.9 Å². The zero-order valence-electron chi connectivity index (χ0n) is 9.82. The summed E-state index contributed by atoms with van der Waals surface area (Å²) in [6, 6.07) is 3.21. The van der Waals surface area contributed by atoms with Crippen LogP contribution in [0, 0.1) is 5.92 Å². The third-order valence-electron chi connectivity index (χ3n) is 2.42. The lowest BCUT2D eigenvalue weighted by molar-refractivity contribution is -0.116. The normalized spacial score (nSPS) is 12.2. The van der Waals surface area contributed by atoms with Gasteiger partial charge in [-0.1, -0.05) is 18.5 Å². The Labute approximate surface area is 106 Å². The van der Waals surface area contributed by atoms with Gasteiger partial charge in [0.2, 0.25) is 5.91 Å². The van der Waals surface area contributed by atoms with Gasteiger partial charge in [-0.3, -0.25) is 4.79 Å². The number of rotatable bonds is 6. The van der Waals surface area contributed by atoms with Crippen LogP contribution in [0.1, 0.15) is 26.2 Å². The molecule has 1 aromatic heterocycles. The standard InChI is InChI=1S/C11H17ClN4O/c1-8(6-7-13)2-5-11(17)14-10-4-3-9(12)15-16-10/h3-4,8H,2,5-7,13H2,1H3,(H,14,16,17).